The van der Waals surface area contributed by atoms with Gasteiger partial charge in [-0.05, 0) is 49.3 Å². The Hall–Kier alpha value is -3.16. The van der Waals surface area contributed by atoms with Crippen LogP contribution in [0.25, 0.3) is 22.6 Å². The molecule has 3 aromatic heterocycles. The first-order chi connectivity index (χ1) is 14.6. The molecular formula is C21H29N7O3. The number of aromatic nitrogens is 5. The van der Waals surface area contributed by atoms with E-state index in [-0.39, 0.29) is 11.9 Å². The Labute approximate surface area is 180 Å². The molecule has 0 aliphatic rings. The van der Waals surface area contributed by atoms with Crippen LogP contribution in [-0.4, -0.2) is 48.2 Å². The monoisotopic (exact) mass is 427 g/mol. The van der Waals surface area contributed by atoms with Crippen LogP contribution >= 0.6 is 0 Å². The largest absolute Gasteiger partial charge is 0.490 e. The van der Waals surface area contributed by atoms with E-state index in [1.165, 1.54) is 0 Å². The number of fused-ring (bicyclic) bond motifs is 1. The van der Waals surface area contributed by atoms with Crippen LogP contribution in [0.3, 0.4) is 0 Å². The molecule has 0 spiro atoms. The summed E-state index contributed by atoms with van der Waals surface area (Å²) in [6.07, 6.45) is 2.31. The first-order valence-electron chi connectivity index (χ1n) is 10.2. The number of ether oxygens (including phenoxy) is 1. The Bertz CT molecular complexity index is 1120. The second-order valence-electron chi connectivity index (χ2n) is 8.20. The number of imidazole rings is 1. The molecule has 1 atom stereocenters. The lowest BCUT2D eigenvalue weighted by Gasteiger charge is -2.16. The van der Waals surface area contributed by atoms with Crippen molar-refractivity contribution >= 4 is 16.9 Å². The SMILES string of the molecule is CCn1c(-c2nonc2N)nc2c(C#CC(C)(C)O)ncc(OCCC(N)C(C)C)c21. The number of hydrogen-bond acceptors (Lipinski definition) is 9. The first kappa shape index (κ1) is 22.5. The highest BCUT2D eigenvalue weighted by molar-refractivity contribution is 5.89. The second kappa shape index (κ2) is 8.91. The predicted octanol–water partition coefficient (Wildman–Crippen LogP) is 1.96. The molecule has 0 aromatic carbocycles. The van der Waals surface area contributed by atoms with E-state index in [2.05, 4.69) is 46.0 Å². The van der Waals surface area contributed by atoms with E-state index in [4.69, 9.17) is 20.8 Å². The van der Waals surface area contributed by atoms with Gasteiger partial charge in [0.1, 0.15) is 22.3 Å². The normalized spacial score (nSPS) is 12.8. The topological polar surface area (TPSA) is 151 Å². The van der Waals surface area contributed by atoms with Gasteiger partial charge in [-0.2, -0.15) is 0 Å². The molecular weight excluding hydrogens is 398 g/mol. The van der Waals surface area contributed by atoms with Crippen LogP contribution in [-0.2, 0) is 6.54 Å². The van der Waals surface area contributed by atoms with Crippen molar-refractivity contribution in [3.05, 3.63) is 11.9 Å². The highest BCUT2D eigenvalue weighted by atomic mass is 16.6. The van der Waals surface area contributed by atoms with Crippen molar-refractivity contribution in [2.75, 3.05) is 12.3 Å². The molecule has 3 heterocycles. The van der Waals surface area contributed by atoms with Crippen LogP contribution in [0.1, 0.15) is 46.7 Å². The van der Waals surface area contributed by atoms with E-state index >= 15 is 0 Å². The fourth-order valence-electron chi connectivity index (χ4n) is 3.00. The molecule has 31 heavy (non-hydrogen) atoms. The number of pyridine rings is 1. The maximum absolute atomic E-state index is 10.0. The van der Waals surface area contributed by atoms with Crippen LogP contribution in [0.4, 0.5) is 5.82 Å². The molecule has 0 saturated carbocycles. The van der Waals surface area contributed by atoms with E-state index < -0.39 is 5.60 Å². The number of nitrogens with two attached hydrogens (primary N) is 2. The number of nitrogen functional groups attached to an aromatic ring is 1. The minimum atomic E-state index is -1.17. The smallest absolute Gasteiger partial charge is 0.199 e. The van der Waals surface area contributed by atoms with Crippen LogP contribution < -0.4 is 16.2 Å². The minimum Gasteiger partial charge on any atom is -0.490 e. The molecule has 0 bridgehead atoms. The fourth-order valence-corrected chi connectivity index (χ4v) is 3.00. The Morgan fingerprint density at radius 1 is 1.32 bits per heavy atom. The van der Waals surface area contributed by atoms with Crippen LogP contribution in [0.15, 0.2) is 10.8 Å². The van der Waals surface area contributed by atoms with Gasteiger partial charge in [0.05, 0.1) is 12.8 Å². The Kier molecular flexibility index (Phi) is 6.48. The van der Waals surface area contributed by atoms with Crippen molar-refractivity contribution in [2.45, 2.75) is 59.2 Å². The molecule has 3 rings (SSSR count). The van der Waals surface area contributed by atoms with Crippen molar-refractivity contribution in [1.82, 2.24) is 24.8 Å². The first-order valence-corrected chi connectivity index (χ1v) is 10.2. The van der Waals surface area contributed by atoms with E-state index in [9.17, 15) is 5.11 Å². The molecule has 1 unspecified atom stereocenters. The Morgan fingerprint density at radius 2 is 2.06 bits per heavy atom. The van der Waals surface area contributed by atoms with Gasteiger partial charge in [0.2, 0.25) is 0 Å². The van der Waals surface area contributed by atoms with Crippen LogP contribution in [0.2, 0.25) is 0 Å². The zero-order chi connectivity index (χ0) is 22.8. The third kappa shape index (κ3) is 4.95. The van der Waals surface area contributed by atoms with E-state index in [1.807, 2.05) is 11.5 Å². The number of anilines is 1. The Balaban J connectivity index is 2.13. The standard InChI is InChI=1S/C21H29N7O3/c1-6-28-18-15(30-10-8-13(22)12(2)3)11-24-14(7-9-21(4,5)29)16(18)25-20(28)17-19(23)27-31-26-17/h11-13,29H,6,8,10,22H2,1-5H3,(H2,23,27). The minimum absolute atomic E-state index is 0.0352. The summed E-state index contributed by atoms with van der Waals surface area (Å²) in [6, 6.07) is 0.0352. The van der Waals surface area contributed by atoms with Crippen molar-refractivity contribution in [2.24, 2.45) is 11.7 Å². The second-order valence-corrected chi connectivity index (χ2v) is 8.20. The van der Waals surface area contributed by atoms with Gasteiger partial charge in [-0.25, -0.2) is 14.6 Å². The summed E-state index contributed by atoms with van der Waals surface area (Å²) in [4.78, 5) is 9.12. The summed E-state index contributed by atoms with van der Waals surface area (Å²) in [5.74, 6) is 7.21. The maximum atomic E-state index is 10.0. The summed E-state index contributed by atoms with van der Waals surface area (Å²) in [5.41, 5.74) is 12.8. The molecule has 0 aliphatic heterocycles. The van der Waals surface area contributed by atoms with Crippen molar-refractivity contribution < 1.29 is 14.5 Å². The van der Waals surface area contributed by atoms with Gasteiger partial charge in [-0.15, -0.1) is 0 Å². The van der Waals surface area contributed by atoms with Gasteiger partial charge >= 0.3 is 0 Å². The molecule has 3 aromatic rings. The third-order valence-corrected chi connectivity index (χ3v) is 4.83. The van der Waals surface area contributed by atoms with Gasteiger partial charge in [0.15, 0.2) is 23.1 Å². The highest BCUT2D eigenvalue weighted by Gasteiger charge is 2.23. The summed E-state index contributed by atoms with van der Waals surface area (Å²) < 4.78 is 12.7. The number of aliphatic hydroxyl groups is 1. The highest BCUT2D eigenvalue weighted by Crippen LogP contribution is 2.33. The van der Waals surface area contributed by atoms with Gasteiger partial charge < -0.3 is 25.9 Å². The van der Waals surface area contributed by atoms with E-state index in [0.717, 1.165) is 0 Å². The molecule has 10 heteroatoms. The summed E-state index contributed by atoms with van der Waals surface area (Å²) in [5, 5.41) is 17.5. The lowest BCUT2D eigenvalue weighted by molar-refractivity contribution is 0.143. The zero-order valence-corrected chi connectivity index (χ0v) is 18.5. The molecule has 0 radical (unpaired) electrons. The molecule has 0 amide bonds. The summed E-state index contributed by atoms with van der Waals surface area (Å²) >= 11 is 0. The number of nitrogens with zero attached hydrogens (tertiary/aromatic N) is 5. The molecule has 10 nitrogen and oxygen atoms in total. The van der Waals surface area contributed by atoms with Crippen LogP contribution in [0, 0.1) is 17.8 Å². The summed E-state index contributed by atoms with van der Waals surface area (Å²) in [6.45, 7) is 10.3. The fraction of sp³-hybridized carbons (Fsp3) is 0.524. The van der Waals surface area contributed by atoms with E-state index in [0.29, 0.717) is 59.5 Å². The lowest BCUT2D eigenvalue weighted by atomic mass is 10.0. The maximum Gasteiger partial charge on any atom is 0.199 e. The van der Waals surface area contributed by atoms with Gasteiger partial charge in [-0.3, -0.25) is 0 Å². The molecule has 0 saturated heterocycles. The Morgan fingerprint density at radius 3 is 2.65 bits per heavy atom. The van der Waals surface area contributed by atoms with Crippen molar-refractivity contribution in [1.29, 1.82) is 0 Å². The molecule has 166 valence electrons. The van der Waals surface area contributed by atoms with Gasteiger partial charge in [-0.1, -0.05) is 19.8 Å². The summed E-state index contributed by atoms with van der Waals surface area (Å²) in [7, 11) is 0. The predicted molar refractivity (Wildman–Crippen MR) is 117 cm³/mol. The lowest BCUT2D eigenvalue weighted by Crippen LogP contribution is -2.28. The quantitative estimate of drug-likeness (QED) is 0.480. The molecule has 0 aliphatic carbocycles. The van der Waals surface area contributed by atoms with Gasteiger partial charge in [0.25, 0.3) is 0 Å². The number of aryl methyl sites for hydroxylation is 1. The van der Waals surface area contributed by atoms with Crippen LogP contribution in [0.5, 0.6) is 5.75 Å². The molecule has 5 N–H and O–H groups in total. The van der Waals surface area contributed by atoms with Crippen molar-refractivity contribution in [3.8, 4) is 29.1 Å². The van der Waals surface area contributed by atoms with E-state index in [1.54, 1.807) is 20.0 Å². The zero-order valence-electron chi connectivity index (χ0n) is 18.5. The molecule has 0 fully saturated rings. The number of hydrogen-bond donors (Lipinski definition) is 3. The number of rotatable bonds is 7. The van der Waals surface area contributed by atoms with Crippen molar-refractivity contribution in [3.63, 3.8) is 0 Å². The average molecular weight is 428 g/mol. The third-order valence-electron chi connectivity index (χ3n) is 4.83. The average Bonchev–Trinajstić information content (AvgIpc) is 3.29. The van der Waals surface area contributed by atoms with Gasteiger partial charge in [0, 0.05) is 12.6 Å².